The Morgan fingerprint density at radius 2 is 1.95 bits per heavy atom. The maximum Gasteiger partial charge on any atom is 0.309 e. The lowest BCUT2D eigenvalue weighted by Crippen LogP contribution is -2.31. The van der Waals surface area contributed by atoms with Gasteiger partial charge in [-0.2, -0.15) is 4.98 Å². The Kier molecular flexibility index (Phi) is 7.49. The van der Waals surface area contributed by atoms with Crippen LogP contribution in [0.2, 0.25) is 0 Å². The average molecular weight is 601 g/mol. The number of ether oxygens (including phenoxy) is 1. The van der Waals surface area contributed by atoms with Gasteiger partial charge in [-0.1, -0.05) is 40.2 Å². The van der Waals surface area contributed by atoms with Gasteiger partial charge in [0.15, 0.2) is 15.7 Å². The summed E-state index contributed by atoms with van der Waals surface area (Å²) in [6.07, 6.45) is 3.79. The summed E-state index contributed by atoms with van der Waals surface area (Å²) >= 11 is 3.46. The van der Waals surface area contributed by atoms with Crippen LogP contribution in [0.5, 0.6) is 0 Å². The van der Waals surface area contributed by atoms with Crippen molar-refractivity contribution < 1.29 is 22.3 Å². The first-order valence-electron chi connectivity index (χ1n) is 12.2. The molecule has 0 amide bonds. The number of hydrogen-bond acceptors (Lipinski definition) is 8. The molecule has 1 N–H and O–H groups in total. The van der Waals surface area contributed by atoms with Crippen LogP contribution in [0, 0.1) is 5.82 Å². The summed E-state index contributed by atoms with van der Waals surface area (Å²) < 4.78 is 46.6. The first-order valence-corrected chi connectivity index (χ1v) is 14.6. The van der Waals surface area contributed by atoms with Gasteiger partial charge in [0.25, 0.3) is 0 Å². The largest absolute Gasteiger partial charge is 0.469 e. The van der Waals surface area contributed by atoms with Crippen LogP contribution < -0.4 is 10.2 Å². The highest BCUT2D eigenvalue weighted by Gasteiger charge is 2.31. The third-order valence-electron chi connectivity index (χ3n) is 6.63. The minimum atomic E-state index is -3.63. The fraction of sp³-hybridized carbons (Fsp3) is 0.296. The van der Waals surface area contributed by atoms with Crippen LogP contribution >= 0.6 is 15.9 Å². The molecule has 0 radical (unpaired) electrons. The molecule has 2 aliphatic heterocycles. The highest BCUT2D eigenvalue weighted by Crippen LogP contribution is 2.35. The van der Waals surface area contributed by atoms with E-state index in [1.165, 1.54) is 24.8 Å². The zero-order valence-electron chi connectivity index (χ0n) is 20.7. The van der Waals surface area contributed by atoms with Crippen molar-refractivity contribution in [1.82, 2.24) is 9.97 Å². The number of benzene rings is 2. The van der Waals surface area contributed by atoms with E-state index in [0.29, 0.717) is 43.1 Å². The number of nitrogens with one attached hydrogen (secondary N) is 1. The van der Waals surface area contributed by atoms with E-state index in [0.717, 1.165) is 16.5 Å². The molecular weight excluding hydrogens is 575 g/mol. The van der Waals surface area contributed by atoms with Crippen LogP contribution in [0.3, 0.4) is 0 Å². The highest BCUT2D eigenvalue weighted by molar-refractivity contribution is 9.10. The van der Waals surface area contributed by atoms with Crippen LogP contribution in [-0.4, -0.2) is 50.3 Å². The number of aromatic nitrogens is 2. The fourth-order valence-corrected chi connectivity index (χ4v) is 6.54. The number of esters is 1. The number of anilines is 3. The van der Waals surface area contributed by atoms with E-state index < -0.39 is 21.6 Å². The normalized spacial score (nSPS) is 16.4. The molecule has 8 nitrogen and oxygen atoms in total. The SMILES string of the molecule is COC(=O)Cc1ccc(Nc2nc(N3CC=C(c4ccc(Br)cc4)CC3)nc3c2S(=O)(=O)CCC3)c(F)c1. The number of nitrogens with zero attached hydrogens (tertiary/aromatic N) is 3. The molecule has 5 rings (SSSR count). The lowest BCUT2D eigenvalue weighted by atomic mass is 10.00. The Balaban J connectivity index is 1.46. The summed E-state index contributed by atoms with van der Waals surface area (Å²) in [6.45, 7) is 1.22. The van der Waals surface area contributed by atoms with E-state index in [-0.39, 0.29) is 28.6 Å². The molecule has 0 aliphatic carbocycles. The molecule has 0 fully saturated rings. The molecule has 38 heavy (non-hydrogen) atoms. The monoisotopic (exact) mass is 600 g/mol. The minimum absolute atomic E-state index is 0.0130. The van der Waals surface area contributed by atoms with Crippen molar-refractivity contribution in [3.63, 3.8) is 0 Å². The Labute approximate surface area is 229 Å². The lowest BCUT2D eigenvalue weighted by molar-refractivity contribution is -0.139. The van der Waals surface area contributed by atoms with E-state index in [4.69, 9.17) is 0 Å². The molecule has 1 aromatic heterocycles. The molecule has 11 heteroatoms. The molecule has 0 unspecified atom stereocenters. The lowest BCUT2D eigenvalue weighted by Gasteiger charge is -2.29. The van der Waals surface area contributed by atoms with Crippen molar-refractivity contribution in [2.75, 3.05) is 36.2 Å². The summed E-state index contributed by atoms with van der Waals surface area (Å²) in [7, 11) is -2.37. The van der Waals surface area contributed by atoms with Crippen molar-refractivity contribution in [3.05, 3.63) is 75.7 Å². The third kappa shape index (κ3) is 5.58. The molecule has 2 aliphatic rings. The number of hydrogen-bond donors (Lipinski definition) is 1. The van der Waals surface area contributed by atoms with Gasteiger partial charge >= 0.3 is 5.97 Å². The van der Waals surface area contributed by atoms with Gasteiger partial charge in [-0.25, -0.2) is 17.8 Å². The van der Waals surface area contributed by atoms with E-state index in [2.05, 4.69) is 54.2 Å². The van der Waals surface area contributed by atoms with Crippen LogP contribution in [0.4, 0.5) is 21.8 Å². The van der Waals surface area contributed by atoms with Gasteiger partial charge in [-0.05, 0) is 60.2 Å². The second-order valence-electron chi connectivity index (χ2n) is 9.19. The quantitative estimate of drug-likeness (QED) is 0.401. The minimum Gasteiger partial charge on any atom is -0.469 e. The second-order valence-corrected chi connectivity index (χ2v) is 12.2. The Morgan fingerprint density at radius 1 is 1.16 bits per heavy atom. The van der Waals surface area contributed by atoms with E-state index in [9.17, 15) is 17.6 Å². The van der Waals surface area contributed by atoms with Gasteiger partial charge in [0.05, 0.1) is 30.7 Å². The van der Waals surface area contributed by atoms with Crippen LogP contribution in [-0.2, 0) is 32.2 Å². The van der Waals surface area contributed by atoms with Gasteiger partial charge < -0.3 is 15.0 Å². The maximum absolute atomic E-state index is 15.0. The number of halogens is 2. The molecule has 0 atom stereocenters. The first kappa shape index (κ1) is 26.3. The summed E-state index contributed by atoms with van der Waals surface area (Å²) in [6, 6.07) is 12.4. The summed E-state index contributed by atoms with van der Waals surface area (Å²) in [5, 5.41) is 2.90. The van der Waals surface area contributed by atoms with Crippen molar-refractivity contribution in [2.24, 2.45) is 0 Å². The fourth-order valence-electron chi connectivity index (χ4n) is 4.65. The summed E-state index contributed by atoms with van der Waals surface area (Å²) in [5.41, 5.74) is 3.32. The Hall–Kier alpha value is -3.31. The van der Waals surface area contributed by atoms with Crippen LogP contribution in [0.15, 0.2) is 57.9 Å². The van der Waals surface area contributed by atoms with Crippen LogP contribution in [0.25, 0.3) is 5.57 Å². The van der Waals surface area contributed by atoms with Gasteiger partial charge in [0.1, 0.15) is 10.7 Å². The molecule has 198 valence electrons. The van der Waals surface area contributed by atoms with Gasteiger partial charge in [-0.3, -0.25) is 4.79 Å². The number of sulfone groups is 1. The molecule has 0 saturated carbocycles. The molecule has 3 aromatic rings. The maximum atomic E-state index is 15.0. The van der Waals surface area contributed by atoms with E-state index in [1.54, 1.807) is 6.07 Å². The van der Waals surface area contributed by atoms with Crippen molar-refractivity contribution in [3.8, 4) is 0 Å². The summed E-state index contributed by atoms with van der Waals surface area (Å²) in [5.74, 6) is -0.664. The number of methoxy groups -OCH3 is 1. The van der Waals surface area contributed by atoms with Crippen molar-refractivity contribution in [1.29, 1.82) is 0 Å². The zero-order chi connectivity index (χ0) is 26.9. The van der Waals surface area contributed by atoms with E-state index >= 15 is 0 Å². The number of carbonyl (C=O) groups excluding carboxylic acids is 1. The molecule has 3 heterocycles. The van der Waals surface area contributed by atoms with Crippen molar-refractivity contribution in [2.45, 2.75) is 30.6 Å². The highest BCUT2D eigenvalue weighted by atomic mass is 79.9. The number of aryl methyl sites for hydroxylation is 1. The van der Waals surface area contributed by atoms with Gasteiger partial charge in [-0.15, -0.1) is 0 Å². The van der Waals surface area contributed by atoms with Crippen molar-refractivity contribution >= 4 is 54.8 Å². The standard InChI is InChI=1S/C27H26BrFN4O4S/c1-37-24(34)16-17-4-9-22(21(29)15-17)30-26-25-23(3-2-14-38(25,35)36)31-27(32-26)33-12-10-19(11-13-33)18-5-7-20(28)8-6-18/h4-10,15H,2-3,11-14,16H2,1H3,(H,30,31,32). The molecule has 0 spiro atoms. The number of carbonyl (C=O) groups is 1. The topological polar surface area (TPSA) is 101 Å². The Bertz CT molecular complexity index is 1530. The molecule has 0 saturated heterocycles. The van der Waals surface area contributed by atoms with E-state index in [1.807, 2.05) is 17.0 Å². The zero-order valence-corrected chi connectivity index (χ0v) is 23.1. The van der Waals surface area contributed by atoms with Gasteiger partial charge in [0.2, 0.25) is 5.95 Å². The molecule has 2 aromatic carbocycles. The Morgan fingerprint density at radius 3 is 2.63 bits per heavy atom. The predicted molar refractivity (Wildman–Crippen MR) is 147 cm³/mol. The van der Waals surface area contributed by atoms with Crippen LogP contribution in [0.1, 0.15) is 29.7 Å². The first-order chi connectivity index (χ1) is 18.2. The summed E-state index contributed by atoms with van der Waals surface area (Å²) in [4.78, 5) is 22.8. The number of rotatable bonds is 6. The second kappa shape index (κ2) is 10.8. The number of fused-ring (bicyclic) bond motifs is 1. The van der Waals surface area contributed by atoms with Gasteiger partial charge in [0, 0.05) is 17.6 Å². The average Bonchev–Trinajstić information content (AvgIpc) is 2.90. The molecular formula is C27H26BrFN4O4S. The predicted octanol–water partition coefficient (Wildman–Crippen LogP) is 4.85. The smallest absolute Gasteiger partial charge is 0.309 e. The third-order valence-corrected chi connectivity index (χ3v) is 9.04. The molecule has 0 bridgehead atoms.